The summed E-state index contributed by atoms with van der Waals surface area (Å²) in [6.07, 6.45) is -0.116. The van der Waals surface area contributed by atoms with Gasteiger partial charge in [0.2, 0.25) is 0 Å². The number of anilines is 2. The lowest BCUT2D eigenvalue weighted by Crippen LogP contribution is -2.51. The number of aromatic nitrogens is 1. The van der Waals surface area contributed by atoms with Gasteiger partial charge in [-0.1, -0.05) is 6.07 Å². The zero-order valence-electron chi connectivity index (χ0n) is 22.3. The molecule has 0 radical (unpaired) electrons. The highest BCUT2D eigenvalue weighted by Crippen LogP contribution is 2.48. The van der Waals surface area contributed by atoms with Crippen LogP contribution in [0.1, 0.15) is 34.2 Å². The Bertz CT molecular complexity index is 1680. The van der Waals surface area contributed by atoms with Gasteiger partial charge in [-0.05, 0) is 54.4 Å². The van der Waals surface area contributed by atoms with Crippen LogP contribution in [0.4, 0.5) is 24.5 Å². The Morgan fingerprint density at radius 3 is 2.60 bits per heavy atom. The van der Waals surface area contributed by atoms with Crippen molar-refractivity contribution in [1.29, 1.82) is 0 Å². The van der Waals surface area contributed by atoms with Gasteiger partial charge in [0, 0.05) is 29.2 Å². The molecule has 206 valence electrons. The first kappa shape index (κ1) is 25.9. The summed E-state index contributed by atoms with van der Waals surface area (Å²) >= 11 is 0. The summed E-state index contributed by atoms with van der Waals surface area (Å²) in [5, 5.41) is 0.809. The van der Waals surface area contributed by atoms with E-state index in [1.807, 2.05) is 21.1 Å². The van der Waals surface area contributed by atoms with Crippen LogP contribution in [0.3, 0.4) is 0 Å². The molecule has 2 aliphatic rings. The SMILES string of the molecule is C[N+](C)(C)CCC(=O)Oc1ccc2[nH]c3c(c2c1)CCN1C(=O)c2cc(F)cc(F)c2N(c2cccc(F)c2)C31. The molecule has 3 aromatic carbocycles. The highest BCUT2D eigenvalue weighted by molar-refractivity contribution is 6.04. The van der Waals surface area contributed by atoms with E-state index in [0.29, 0.717) is 34.6 Å². The van der Waals surface area contributed by atoms with Crippen LogP contribution in [0.25, 0.3) is 10.9 Å². The average Bonchev–Trinajstić information content (AvgIpc) is 3.26. The number of aromatic amines is 1. The van der Waals surface area contributed by atoms with E-state index in [9.17, 15) is 18.4 Å². The molecular formula is C30H28F3N4O3+. The summed E-state index contributed by atoms with van der Waals surface area (Å²) in [7, 11) is 6.00. The molecular weight excluding hydrogens is 521 g/mol. The Kier molecular flexibility index (Phi) is 6.10. The summed E-state index contributed by atoms with van der Waals surface area (Å²) in [5.41, 5.74) is 2.32. The summed E-state index contributed by atoms with van der Waals surface area (Å²) in [6, 6.07) is 12.7. The van der Waals surface area contributed by atoms with Crippen LogP contribution in [0, 0.1) is 17.5 Å². The molecule has 0 saturated heterocycles. The van der Waals surface area contributed by atoms with Crippen molar-refractivity contribution in [2.24, 2.45) is 0 Å². The van der Waals surface area contributed by atoms with Crippen LogP contribution in [-0.4, -0.2) is 60.5 Å². The minimum atomic E-state index is -0.918. The molecule has 3 heterocycles. The predicted molar refractivity (Wildman–Crippen MR) is 144 cm³/mol. The first-order valence-electron chi connectivity index (χ1n) is 13.0. The van der Waals surface area contributed by atoms with Gasteiger partial charge in [0.25, 0.3) is 5.91 Å². The molecule has 1 atom stereocenters. The second-order valence-corrected chi connectivity index (χ2v) is 11.2. The van der Waals surface area contributed by atoms with Crippen molar-refractivity contribution in [3.05, 3.63) is 88.9 Å². The minimum Gasteiger partial charge on any atom is -0.426 e. The number of rotatable bonds is 5. The smallest absolute Gasteiger partial charge is 0.316 e. The highest BCUT2D eigenvalue weighted by atomic mass is 19.1. The first-order chi connectivity index (χ1) is 19.0. The third-order valence-electron chi connectivity index (χ3n) is 7.38. The van der Waals surface area contributed by atoms with E-state index >= 15 is 4.39 Å². The van der Waals surface area contributed by atoms with E-state index in [1.165, 1.54) is 28.0 Å². The number of H-pyrrole nitrogens is 1. The molecule has 4 aromatic rings. The lowest BCUT2D eigenvalue weighted by Gasteiger charge is -2.47. The first-order valence-corrected chi connectivity index (χ1v) is 13.0. The number of esters is 1. The molecule has 0 aliphatic carbocycles. The second-order valence-electron chi connectivity index (χ2n) is 11.2. The number of ether oxygens (including phenoxy) is 1. The molecule has 40 heavy (non-hydrogen) atoms. The van der Waals surface area contributed by atoms with Gasteiger partial charge in [0.05, 0.1) is 51.1 Å². The maximum Gasteiger partial charge on any atom is 0.316 e. The molecule has 1 N–H and O–H groups in total. The van der Waals surface area contributed by atoms with Gasteiger partial charge in [-0.3, -0.25) is 9.59 Å². The molecule has 10 heteroatoms. The maximum absolute atomic E-state index is 15.4. The molecule has 2 aliphatic heterocycles. The van der Waals surface area contributed by atoms with Crippen LogP contribution in [0.5, 0.6) is 5.75 Å². The van der Waals surface area contributed by atoms with Crippen molar-refractivity contribution in [2.45, 2.75) is 19.0 Å². The molecule has 6 rings (SSSR count). The van der Waals surface area contributed by atoms with Crippen LogP contribution in [0.2, 0.25) is 0 Å². The Morgan fingerprint density at radius 1 is 1.05 bits per heavy atom. The number of carbonyl (C=O) groups is 2. The van der Waals surface area contributed by atoms with Crippen LogP contribution in [-0.2, 0) is 11.2 Å². The van der Waals surface area contributed by atoms with Gasteiger partial charge in [-0.2, -0.15) is 0 Å². The normalized spacial score (nSPS) is 16.6. The minimum absolute atomic E-state index is 0.114. The lowest BCUT2D eigenvalue weighted by molar-refractivity contribution is -0.869. The van der Waals surface area contributed by atoms with Gasteiger partial charge in [-0.25, -0.2) is 13.2 Å². The maximum atomic E-state index is 15.4. The van der Waals surface area contributed by atoms with Crippen LogP contribution < -0.4 is 9.64 Å². The zero-order valence-corrected chi connectivity index (χ0v) is 22.3. The number of hydrogen-bond donors (Lipinski definition) is 1. The summed E-state index contributed by atoms with van der Waals surface area (Å²) < 4.78 is 50.2. The molecule has 0 saturated carbocycles. The summed E-state index contributed by atoms with van der Waals surface area (Å²) in [6.45, 7) is 0.893. The van der Waals surface area contributed by atoms with E-state index in [2.05, 4.69) is 4.98 Å². The van der Waals surface area contributed by atoms with Crippen LogP contribution in [0.15, 0.2) is 54.6 Å². The molecule has 0 spiro atoms. The Morgan fingerprint density at radius 2 is 1.85 bits per heavy atom. The Labute approximate surface area is 228 Å². The number of fused-ring (bicyclic) bond motifs is 6. The van der Waals surface area contributed by atoms with Crippen molar-refractivity contribution >= 4 is 34.2 Å². The largest absolute Gasteiger partial charge is 0.426 e. The third-order valence-corrected chi connectivity index (χ3v) is 7.38. The predicted octanol–water partition coefficient (Wildman–Crippen LogP) is 5.44. The number of quaternary nitrogens is 1. The van der Waals surface area contributed by atoms with Gasteiger partial charge in [-0.15, -0.1) is 0 Å². The van der Waals surface area contributed by atoms with Gasteiger partial charge in [0.1, 0.15) is 17.4 Å². The number of benzene rings is 3. The van der Waals surface area contributed by atoms with E-state index in [4.69, 9.17) is 4.74 Å². The Balaban J connectivity index is 1.45. The second kappa shape index (κ2) is 9.41. The quantitative estimate of drug-likeness (QED) is 0.205. The number of carbonyl (C=O) groups excluding carboxylic acids is 2. The van der Waals surface area contributed by atoms with E-state index in [1.54, 1.807) is 24.3 Å². The van der Waals surface area contributed by atoms with Crippen molar-refractivity contribution in [2.75, 3.05) is 39.1 Å². The van der Waals surface area contributed by atoms with Gasteiger partial charge < -0.3 is 24.0 Å². The summed E-state index contributed by atoms with van der Waals surface area (Å²) in [5.74, 6) is -2.77. The van der Waals surface area contributed by atoms with Gasteiger partial charge in [0.15, 0.2) is 12.0 Å². The van der Waals surface area contributed by atoms with Crippen molar-refractivity contribution < 1.29 is 32.0 Å². The monoisotopic (exact) mass is 549 g/mol. The van der Waals surface area contributed by atoms with Crippen LogP contribution >= 0.6 is 0 Å². The lowest BCUT2D eigenvalue weighted by atomic mass is 9.94. The average molecular weight is 550 g/mol. The number of hydrogen-bond acceptors (Lipinski definition) is 4. The molecule has 0 bridgehead atoms. The molecule has 1 unspecified atom stereocenters. The van der Waals surface area contributed by atoms with Crippen molar-refractivity contribution in [3.63, 3.8) is 0 Å². The van der Waals surface area contributed by atoms with Gasteiger partial charge >= 0.3 is 5.97 Å². The number of nitrogens with zero attached hydrogens (tertiary/aromatic N) is 3. The number of nitrogens with one attached hydrogen (secondary N) is 1. The van der Waals surface area contributed by atoms with Crippen molar-refractivity contribution in [1.82, 2.24) is 9.88 Å². The molecule has 1 aromatic heterocycles. The molecule has 1 amide bonds. The fourth-order valence-corrected chi connectivity index (χ4v) is 5.55. The number of amides is 1. The fourth-order valence-electron chi connectivity index (χ4n) is 5.55. The third kappa shape index (κ3) is 4.48. The molecule has 0 fully saturated rings. The molecule has 7 nitrogen and oxygen atoms in total. The Hall–Kier alpha value is -4.31. The fraction of sp³-hybridized carbons (Fsp3) is 0.267. The van der Waals surface area contributed by atoms with E-state index in [0.717, 1.165) is 28.6 Å². The summed E-state index contributed by atoms with van der Waals surface area (Å²) in [4.78, 5) is 32.5. The van der Waals surface area contributed by atoms with E-state index in [-0.39, 0.29) is 30.2 Å². The van der Waals surface area contributed by atoms with E-state index < -0.39 is 29.5 Å². The number of halogens is 3. The topological polar surface area (TPSA) is 65.6 Å². The van der Waals surface area contributed by atoms with Crippen molar-refractivity contribution in [3.8, 4) is 5.75 Å². The highest BCUT2D eigenvalue weighted by Gasteiger charge is 2.45. The zero-order chi connectivity index (χ0) is 28.3. The standard InChI is InChI=1S/C30H28F3N4O3/c1-37(2,3)12-10-26(38)40-20-7-8-25-22(16-20)21-9-11-35-29(27(21)34-25)36(19-6-4-5-17(31)13-19)28-23(30(35)39)14-18(32)15-24(28)33/h4-8,13-16,29,34H,9-12H2,1-3H3/q+1.